The molecule has 0 saturated carbocycles. The third-order valence-corrected chi connectivity index (χ3v) is 3.82. The molecule has 1 aliphatic heterocycles. The van der Waals surface area contributed by atoms with Gasteiger partial charge < -0.3 is 20.0 Å². The van der Waals surface area contributed by atoms with Gasteiger partial charge in [-0.2, -0.15) is 0 Å². The number of aliphatic carboxylic acids is 1. The number of carboxylic acid groups (broad SMARTS) is 1. The Balaban J connectivity index is 1.90. The minimum Gasteiger partial charge on any atom is -0.481 e. The maximum absolute atomic E-state index is 11.9. The lowest BCUT2D eigenvalue weighted by Gasteiger charge is -2.29. The van der Waals surface area contributed by atoms with E-state index in [1.165, 1.54) is 4.90 Å². The van der Waals surface area contributed by atoms with Crippen molar-refractivity contribution in [3.8, 4) is 0 Å². The number of rotatable bonds is 6. The second-order valence-corrected chi connectivity index (χ2v) is 5.73. The standard InChI is InChI=1S/C15H21N3O4/c1-17(13(19)5-6-14(20)21)10-15(22)7-9-18(11-15)12-4-2-3-8-16-12/h2-4,8,22H,5-7,9-11H2,1H3,(H,20,21)/t15-/m1/s1. The lowest BCUT2D eigenvalue weighted by Crippen LogP contribution is -2.46. The first-order valence-corrected chi connectivity index (χ1v) is 7.24. The van der Waals surface area contributed by atoms with E-state index in [-0.39, 0.29) is 25.3 Å². The van der Waals surface area contributed by atoms with Gasteiger partial charge in [-0.3, -0.25) is 9.59 Å². The van der Waals surface area contributed by atoms with Gasteiger partial charge in [0.2, 0.25) is 5.91 Å². The molecule has 1 aromatic heterocycles. The smallest absolute Gasteiger partial charge is 0.303 e. The summed E-state index contributed by atoms with van der Waals surface area (Å²) in [6.07, 6.45) is 2.00. The Bertz CT molecular complexity index is 537. The fourth-order valence-electron chi connectivity index (χ4n) is 2.66. The van der Waals surface area contributed by atoms with Crippen LogP contribution in [0.25, 0.3) is 0 Å². The van der Waals surface area contributed by atoms with Crippen LogP contribution in [0.2, 0.25) is 0 Å². The molecule has 2 rings (SSSR count). The van der Waals surface area contributed by atoms with Crippen molar-refractivity contribution in [3.05, 3.63) is 24.4 Å². The predicted molar refractivity (Wildman–Crippen MR) is 80.5 cm³/mol. The van der Waals surface area contributed by atoms with E-state index in [1.54, 1.807) is 13.2 Å². The van der Waals surface area contributed by atoms with Crippen LogP contribution in [0, 0.1) is 0 Å². The number of carbonyl (C=O) groups is 2. The molecule has 2 heterocycles. The minimum absolute atomic E-state index is 0.0497. The molecule has 0 aromatic carbocycles. The number of anilines is 1. The Kier molecular flexibility index (Phi) is 4.97. The van der Waals surface area contributed by atoms with Gasteiger partial charge in [-0.15, -0.1) is 0 Å². The first kappa shape index (κ1) is 16.2. The lowest BCUT2D eigenvalue weighted by molar-refractivity contribution is -0.141. The Morgan fingerprint density at radius 1 is 1.41 bits per heavy atom. The van der Waals surface area contributed by atoms with Gasteiger partial charge in [0.15, 0.2) is 0 Å². The molecule has 1 atom stereocenters. The van der Waals surface area contributed by atoms with Crippen LogP contribution < -0.4 is 4.90 Å². The molecule has 2 N–H and O–H groups in total. The summed E-state index contributed by atoms with van der Waals surface area (Å²) in [6, 6.07) is 5.61. The molecule has 0 aliphatic carbocycles. The summed E-state index contributed by atoms with van der Waals surface area (Å²) in [5, 5.41) is 19.2. The molecule has 1 saturated heterocycles. The fraction of sp³-hybridized carbons (Fsp3) is 0.533. The molecular formula is C15H21N3O4. The maximum atomic E-state index is 11.9. The molecule has 1 aliphatic rings. The number of aliphatic hydroxyl groups is 1. The highest BCUT2D eigenvalue weighted by atomic mass is 16.4. The van der Waals surface area contributed by atoms with E-state index in [2.05, 4.69) is 4.98 Å². The Labute approximate surface area is 129 Å². The molecule has 22 heavy (non-hydrogen) atoms. The molecular weight excluding hydrogens is 286 g/mol. The highest BCUT2D eigenvalue weighted by Crippen LogP contribution is 2.26. The van der Waals surface area contributed by atoms with Gasteiger partial charge in [0.25, 0.3) is 0 Å². The molecule has 0 radical (unpaired) electrons. The number of nitrogens with zero attached hydrogens (tertiary/aromatic N) is 3. The number of carbonyl (C=O) groups excluding carboxylic acids is 1. The molecule has 0 spiro atoms. The van der Waals surface area contributed by atoms with Crippen molar-refractivity contribution in [2.45, 2.75) is 24.9 Å². The summed E-state index contributed by atoms with van der Waals surface area (Å²) < 4.78 is 0. The van der Waals surface area contributed by atoms with Gasteiger partial charge >= 0.3 is 5.97 Å². The zero-order valence-electron chi connectivity index (χ0n) is 12.6. The highest BCUT2D eigenvalue weighted by molar-refractivity contribution is 5.80. The molecule has 1 amide bonds. The van der Waals surface area contributed by atoms with Crippen molar-refractivity contribution >= 4 is 17.7 Å². The molecule has 0 unspecified atom stereocenters. The van der Waals surface area contributed by atoms with E-state index in [9.17, 15) is 14.7 Å². The Morgan fingerprint density at radius 2 is 2.18 bits per heavy atom. The van der Waals surface area contributed by atoms with E-state index in [4.69, 9.17) is 5.11 Å². The normalized spacial score (nSPS) is 20.9. The van der Waals surface area contributed by atoms with Crippen LogP contribution >= 0.6 is 0 Å². The third kappa shape index (κ3) is 4.17. The summed E-state index contributed by atoms with van der Waals surface area (Å²) in [6.45, 7) is 1.26. The molecule has 0 bridgehead atoms. The van der Waals surface area contributed by atoms with Crippen molar-refractivity contribution in [1.29, 1.82) is 0 Å². The van der Waals surface area contributed by atoms with E-state index >= 15 is 0 Å². The summed E-state index contributed by atoms with van der Waals surface area (Å²) in [4.78, 5) is 30.0. The Morgan fingerprint density at radius 3 is 2.82 bits per heavy atom. The van der Waals surface area contributed by atoms with Crippen molar-refractivity contribution in [2.24, 2.45) is 0 Å². The second-order valence-electron chi connectivity index (χ2n) is 5.73. The summed E-state index contributed by atoms with van der Waals surface area (Å²) in [7, 11) is 1.59. The number of likely N-dealkylation sites (N-methyl/N-ethyl adjacent to an activating group) is 1. The van der Waals surface area contributed by atoms with Gasteiger partial charge in [-0.05, 0) is 18.6 Å². The van der Waals surface area contributed by atoms with Gasteiger partial charge in [0, 0.05) is 32.8 Å². The average Bonchev–Trinajstić information content (AvgIpc) is 2.87. The average molecular weight is 307 g/mol. The largest absolute Gasteiger partial charge is 0.481 e. The van der Waals surface area contributed by atoms with Gasteiger partial charge in [0.05, 0.1) is 13.0 Å². The number of hydrogen-bond donors (Lipinski definition) is 2. The number of aromatic nitrogens is 1. The quantitative estimate of drug-likeness (QED) is 0.787. The van der Waals surface area contributed by atoms with Crippen molar-refractivity contribution < 1.29 is 19.8 Å². The fourth-order valence-corrected chi connectivity index (χ4v) is 2.66. The SMILES string of the molecule is CN(C[C@]1(O)CCN(c2ccccn2)C1)C(=O)CCC(=O)O. The van der Waals surface area contributed by atoms with Gasteiger partial charge in [0.1, 0.15) is 11.4 Å². The first-order chi connectivity index (χ1) is 10.4. The number of pyridine rings is 1. The maximum Gasteiger partial charge on any atom is 0.303 e. The van der Waals surface area contributed by atoms with E-state index in [0.717, 1.165) is 5.82 Å². The summed E-state index contributed by atoms with van der Waals surface area (Å²) >= 11 is 0. The van der Waals surface area contributed by atoms with Crippen LogP contribution in [-0.2, 0) is 9.59 Å². The third-order valence-electron chi connectivity index (χ3n) is 3.82. The summed E-state index contributed by atoms with van der Waals surface area (Å²) in [5.41, 5.74) is -0.995. The van der Waals surface area contributed by atoms with Gasteiger partial charge in [-0.1, -0.05) is 6.07 Å². The number of β-amino-alcohol motifs (C(OH)–C–C–N with tert-alkyl or cyclic N) is 1. The molecule has 7 nitrogen and oxygen atoms in total. The molecule has 1 fully saturated rings. The zero-order valence-corrected chi connectivity index (χ0v) is 12.6. The monoisotopic (exact) mass is 307 g/mol. The van der Waals surface area contributed by atoms with Crippen LogP contribution in [0.3, 0.4) is 0 Å². The first-order valence-electron chi connectivity index (χ1n) is 7.24. The van der Waals surface area contributed by atoms with E-state index in [0.29, 0.717) is 19.5 Å². The number of amides is 1. The van der Waals surface area contributed by atoms with Crippen LogP contribution in [0.4, 0.5) is 5.82 Å². The topological polar surface area (TPSA) is 94.0 Å². The number of hydrogen-bond acceptors (Lipinski definition) is 5. The van der Waals surface area contributed by atoms with Crippen LogP contribution in [0.15, 0.2) is 24.4 Å². The second kappa shape index (κ2) is 6.74. The summed E-state index contributed by atoms with van der Waals surface area (Å²) in [5.74, 6) is -0.465. The zero-order chi connectivity index (χ0) is 16.2. The van der Waals surface area contributed by atoms with E-state index in [1.807, 2.05) is 23.1 Å². The lowest BCUT2D eigenvalue weighted by atomic mass is 10.0. The minimum atomic E-state index is -0.998. The molecule has 120 valence electrons. The highest BCUT2D eigenvalue weighted by Gasteiger charge is 2.38. The van der Waals surface area contributed by atoms with Gasteiger partial charge in [-0.25, -0.2) is 4.98 Å². The number of carboxylic acids is 1. The Hall–Kier alpha value is -2.15. The predicted octanol–water partition coefficient (Wildman–Crippen LogP) is 0.346. The molecule has 7 heteroatoms. The van der Waals surface area contributed by atoms with Crippen molar-refractivity contribution in [2.75, 3.05) is 31.6 Å². The van der Waals surface area contributed by atoms with E-state index < -0.39 is 11.6 Å². The molecule has 1 aromatic rings. The van der Waals surface area contributed by atoms with Crippen LogP contribution in [0.5, 0.6) is 0 Å². The van der Waals surface area contributed by atoms with Crippen LogP contribution in [0.1, 0.15) is 19.3 Å². The van der Waals surface area contributed by atoms with Crippen molar-refractivity contribution in [1.82, 2.24) is 9.88 Å². The van der Waals surface area contributed by atoms with Crippen molar-refractivity contribution in [3.63, 3.8) is 0 Å². The van der Waals surface area contributed by atoms with Crippen LogP contribution in [-0.4, -0.2) is 64.3 Å².